The van der Waals surface area contributed by atoms with Crippen LogP contribution in [0, 0.1) is 5.82 Å². The lowest BCUT2D eigenvalue weighted by molar-refractivity contribution is 0.414. The van der Waals surface area contributed by atoms with Gasteiger partial charge in [0.25, 0.3) is 0 Å². The summed E-state index contributed by atoms with van der Waals surface area (Å²) in [5.41, 5.74) is 2.82. The minimum atomic E-state index is -0.242. The van der Waals surface area contributed by atoms with Crippen LogP contribution >= 0.6 is 0 Å². The molecule has 6 nitrogen and oxygen atoms in total. The van der Waals surface area contributed by atoms with E-state index in [0.29, 0.717) is 19.0 Å². The van der Waals surface area contributed by atoms with Crippen LogP contribution in [-0.2, 0) is 13.1 Å². The fourth-order valence-electron chi connectivity index (χ4n) is 2.52. The summed E-state index contributed by atoms with van der Waals surface area (Å²) in [6, 6.07) is 16.0. The Morgan fingerprint density at radius 2 is 1.74 bits per heavy atom. The fourth-order valence-corrected chi connectivity index (χ4v) is 2.52. The van der Waals surface area contributed by atoms with Crippen molar-refractivity contribution in [3.8, 4) is 11.4 Å². The maximum Gasteiger partial charge on any atom is 0.191 e. The third-order valence-electron chi connectivity index (χ3n) is 4.02. The van der Waals surface area contributed by atoms with E-state index < -0.39 is 0 Å². The Morgan fingerprint density at radius 3 is 2.41 bits per heavy atom. The summed E-state index contributed by atoms with van der Waals surface area (Å²) in [7, 11) is 3.35. The molecule has 0 aliphatic rings. The Balaban J connectivity index is 1.53. The van der Waals surface area contributed by atoms with E-state index in [2.05, 4.69) is 20.7 Å². The van der Waals surface area contributed by atoms with E-state index in [9.17, 15) is 4.39 Å². The first-order chi connectivity index (χ1) is 13.2. The van der Waals surface area contributed by atoms with E-state index in [0.717, 1.165) is 22.7 Å². The number of methoxy groups -OCH3 is 1. The molecular formula is C20H22FN5O. The molecule has 3 aromatic rings. The lowest BCUT2D eigenvalue weighted by Gasteiger charge is -2.11. The molecule has 0 aliphatic heterocycles. The molecule has 7 heteroatoms. The van der Waals surface area contributed by atoms with Crippen LogP contribution in [0.1, 0.15) is 11.3 Å². The van der Waals surface area contributed by atoms with Crippen LogP contribution in [0.25, 0.3) is 5.69 Å². The third kappa shape index (κ3) is 5.07. The van der Waals surface area contributed by atoms with Crippen molar-refractivity contribution in [3.05, 3.63) is 77.9 Å². The lowest BCUT2D eigenvalue weighted by atomic mass is 10.2. The quantitative estimate of drug-likeness (QED) is 0.519. The molecule has 0 bridgehead atoms. The van der Waals surface area contributed by atoms with Crippen LogP contribution in [0.5, 0.6) is 5.75 Å². The first-order valence-corrected chi connectivity index (χ1v) is 8.56. The first-order valence-electron chi connectivity index (χ1n) is 8.56. The van der Waals surface area contributed by atoms with Crippen molar-refractivity contribution in [2.75, 3.05) is 14.2 Å². The predicted octanol–water partition coefficient (Wildman–Crippen LogP) is 2.89. The van der Waals surface area contributed by atoms with Crippen LogP contribution in [0.4, 0.5) is 4.39 Å². The van der Waals surface area contributed by atoms with Crippen molar-refractivity contribution in [2.45, 2.75) is 13.1 Å². The average Bonchev–Trinajstić information content (AvgIpc) is 3.18. The van der Waals surface area contributed by atoms with Crippen molar-refractivity contribution in [3.63, 3.8) is 0 Å². The van der Waals surface area contributed by atoms with Crippen molar-refractivity contribution in [1.82, 2.24) is 20.4 Å². The number of ether oxygens (including phenoxy) is 1. The second-order valence-corrected chi connectivity index (χ2v) is 5.86. The molecule has 3 rings (SSSR count). The Morgan fingerprint density at radius 1 is 1.04 bits per heavy atom. The molecule has 0 amide bonds. The largest absolute Gasteiger partial charge is 0.497 e. The number of aliphatic imine (C=N–C) groups is 1. The van der Waals surface area contributed by atoms with E-state index in [1.165, 1.54) is 12.1 Å². The topological polar surface area (TPSA) is 63.5 Å². The van der Waals surface area contributed by atoms with E-state index in [1.807, 2.05) is 41.2 Å². The Kier molecular flexibility index (Phi) is 6.04. The van der Waals surface area contributed by atoms with E-state index in [-0.39, 0.29) is 5.82 Å². The van der Waals surface area contributed by atoms with Gasteiger partial charge < -0.3 is 15.4 Å². The summed E-state index contributed by atoms with van der Waals surface area (Å²) < 4.78 is 19.9. The van der Waals surface area contributed by atoms with Gasteiger partial charge in [0.05, 0.1) is 25.0 Å². The zero-order valence-corrected chi connectivity index (χ0v) is 15.3. The Labute approximate surface area is 157 Å². The van der Waals surface area contributed by atoms with Gasteiger partial charge in [0.15, 0.2) is 5.96 Å². The molecule has 0 aliphatic carbocycles. The van der Waals surface area contributed by atoms with Gasteiger partial charge >= 0.3 is 0 Å². The summed E-state index contributed by atoms with van der Waals surface area (Å²) in [5.74, 6) is 1.22. The van der Waals surface area contributed by atoms with Gasteiger partial charge in [0.2, 0.25) is 0 Å². The van der Waals surface area contributed by atoms with Gasteiger partial charge in [-0.1, -0.05) is 12.1 Å². The third-order valence-corrected chi connectivity index (χ3v) is 4.02. The number of aromatic nitrogens is 2. The van der Waals surface area contributed by atoms with Crippen LogP contribution < -0.4 is 15.4 Å². The highest BCUT2D eigenvalue weighted by Crippen LogP contribution is 2.14. The molecule has 2 N–H and O–H groups in total. The second-order valence-electron chi connectivity index (χ2n) is 5.86. The molecule has 0 unspecified atom stereocenters. The predicted molar refractivity (Wildman–Crippen MR) is 104 cm³/mol. The SMILES string of the molecule is CN=C(NCc1ccc(F)cc1)NCc1ccn(-c2ccc(OC)cc2)n1. The van der Waals surface area contributed by atoms with Crippen molar-refractivity contribution in [1.29, 1.82) is 0 Å². The summed E-state index contributed by atoms with van der Waals surface area (Å²) in [6.45, 7) is 1.09. The number of hydrogen-bond acceptors (Lipinski definition) is 3. The average molecular weight is 367 g/mol. The highest BCUT2D eigenvalue weighted by molar-refractivity contribution is 5.79. The number of guanidine groups is 1. The highest BCUT2D eigenvalue weighted by atomic mass is 19.1. The molecule has 2 aromatic carbocycles. The Hall–Kier alpha value is -3.35. The second kappa shape index (κ2) is 8.84. The lowest BCUT2D eigenvalue weighted by Crippen LogP contribution is -2.36. The van der Waals surface area contributed by atoms with E-state index in [1.54, 1.807) is 26.3 Å². The molecule has 0 spiro atoms. The Bertz CT molecular complexity index is 887. The number of nitrogens with one attached hydrogen (secondary N) is 2. The number of rotatable bonds is 6. The van der Waals surface area contributed by atoms with Crippen molar-refractivity contribution in [2.24, 2.45) is 4.99 Å². The van der Waals surface area contributed by atoms with Crippen molar-refractivity contribution < 1.29 is 9.13 Å². The standard InChI is InChI=1S/C20H22FN5O/c1-22-20(23-13-15-3-5-16(21)6-4-15)24-14-17-11-12-26(25-17)18-7-9-19(27-2)10-8-18/h3-12H,13-14H2,1-2H3,(H2,22,23,24). The first kappa shape index (κ1) is 18.4. The summed E-state index contributed by atoms with van der Waals surface area (Å²) >= 11 is 0. The van der Waals surface area contributed by atoms with Crippen LogP contribution in [-0.4, -0.2) is 29.9 Å². The number of nitrogens with zero attached hydrogens (tertiary/aromatic N) is 3. The van der Waals surface area contributed by atoms with Gasteiger partial charge in [0.1, 0.15) is 11.6 Å². The van der Waals surface area contributed by atoms with Gasteiger partial charge in [-0.15, -0.1) is 0 Å². The van der Waals surface area contributed by atoms with Gasteiger partial charge in [0, 0.05) is 19.8 Å². The zero-order valence-electron chi connectivity index (χ0n) is 15.3. The fraction of sp³-hybridized carbons (Fsp3) is 0.200. The minimum absolute atomic E-state index is 0.242. The smallest absolute Gasteiger partial charge is 0.191 e. The van der Waals surface area contributed by atoms with E-state index in [4.69, 9.17) is 4.74 Å². The van der Waals surface area contributed by atoms with Gasteiger partial charge in [-0.3, -0.25) is 4.99 Å². The zero-order chi connectivity index (χ0) is 19.1. The summed E-state index contributed by atoms with van der Waals surface area (Å²) in [5, 5.41) is 11.0. The van der Waals surface area contributed by atoms with Crippen LogP contribution in [0.2, 0.25) is 0 Å². The molecule has 0 atom stereocenters. The molecule has 0 radical (unpaired) electrons. The summed E-state index contributed by atoms with van der Waals surface area (Å²) in [6.07, 6.45) is 1.91. The number of benzene rings is 2. The van der Waals surface area contributed by atoms with E-state index >= 15 is 0 Å². The molecule has 1 heterocycles. The number of halogens is 1. The monoisotopic (exact) mass is 367 g/mol. The molecule has 0 saturated carbocycles. The molecule has 0 fully saturated rings. The van der Waals surface area contributed by atoms with Crippen LogP contribution in [0.15, 0.2) is 65.8 Å². The van der Waals surface area contributed by atoms with Crippen molar-refractivity contribution >= 4 is 5.96 Å². The summed E-state index contributed by atoms with van der Waals surface area (Å²) in [4.78, 5) is 4.19. The van der Waals surface area contributed by atoms with Gasteiger partial charge in [-0.05, 0) is 48.0 Å². The normalized spacial score (nSPS) is 11.3. The molecule has 1 aromatic heterocycles. The van der Waals surface area contributed by atoms with Gasteiger partial charge in [-0.2, -0.15) is 5.10 Å². The van der Waals surface area contributed by atoms with Crippen LogP contribution in [0.3, 0.4) is 0 Å². The highest BCUT2D eigenvalue weighted by Gasteiger charge is 2.04. The number of hydrogen-bond donors (Lipinski definition) is 2. The van der Waals surface area contributed by atoms with Gasteiger partial charge in [-0.25, -0.2) is 9.07 Å². The molecule has 0 saturated heterocycles. The maximum atomic E-state index is 13.0. The minimum Gasteiger partial charge on any atom is -0.497 e. The molecule has 140 valence electrons. The maximum absolute atomic E-state index is 13.0. The molecule has 27 heavy (non-hydrogen) atoms. The molecular weight excluding hydrogens is 345 g/mol.